The van der Waals surface area contributed by atoms with Crippen molar-refractivity contribution < 1.29 is 14.6 Å². The molecule has 1 fully saturated rings. The predicted octanol–water partition coefficient (Wildman–Crippen LogP) is 0.555. The predicted molar refractivity (Wildman–Crippen MR) is 76.7 cm³/mol. The molecule has 0 bridgehead atoms. The molecule has 2 atom stereocenters. The number of amides is 1. The SMILES string of the molecule is Cc1ccccc1OCCN(C)C(=O)[C@H]1C[C@@H](O)CN1. The highest BCUT2D eigenvalue weighted by Crippen LogP contribution is 2.16. The normalized spacial score (nSPS) is 21.8. The lowest BCUT2D eigenvalue weighted by Gasteiger charge is -2.21. The van der Waals surface area contributed by atoms with Crippen molar-refractivity contribution in [1.29, 1.82) is 0 Å². The van der Waals surface area contributed by atoms with Crippen LogP contribution in [0.4, 0.5) is 0 Å². The minimum absolute atomic E-state index is 0.00920. The van der Waals surface area contributed by atoms with Gasteiger partial charge in [-0.2, -0.15) is 0 Å². The Morgan fingerprint density at radius 2 is 2.25 bits per heavy atom. The van der Waals surface area contributed by atoms with E-state index in [-0.39, 0.29) is 11.9 Å². The molecule has 1 heterocycles. The van der Waals surface area contributed by atoms with Crippen LogP contribution in [0.5, 0.6) is 5.75 Å². The molecule has 5 heteroatoms. The summed E-state index contributed by atoms with van der Waals surface area (Å²) in [4.78, 5) is 13.7. The highest BCUT2D eigenvalue weighted by molar-refractivity contribution is 5.82. The second kappa shape index (κ2) is 6.72. The topological polar surface area (TPSA) is 61.8 Å². The van der Waals surface area contributed by atoms with Crippen LogP contribution in [0.3, 0.4) is 0 Å². The zero-order valence-electron chi connectivity index (χ0n) is 12.0. The number of carbonyl (C=O) groups is 1. The molecular formula is C15H22N2O3. The number of para-hydroxylation sites is 1. The maximum atomic E-state index is 12.1. The van der Waals surface area contributed by atoms with E-state index in [9.17, 15) is 9.90 Å². The molecular weight excluding hydrogens is 256 g/mol. The monoisotopic (exact) mass is 278 g/mol. The van der Waals surface area contributed by atoms with Crippen molar-refractivity contribution in [2.75, 3.05) is 26.7 Å². The third-order valence-electron chi connectivity index (χ3n) is 3.56. The van der Waals surface area contributed by atoms with E-state index in [4.69, 9.17) is 4.74 Å². The summed E-state index contributed by atoms with van der Waals surface area (Å²) in [5.41, 5.74) is 1.09. The Labute approximate surface area is 119 Å². The summed E-state index contributed by atoms with van der Waals surface area (Å²) >= 11 is 0. The van der Waals surface area contributed by atoms with Crippen molar-refractivity contribution in [3.63, 3.8) is 0 Å². The number of aryl methyl sites for hydroxylation is 1. The molecule has 1 aromatic carbocycles. The van der Waals surface area contributed by atoms with Gasteiger partial charge in [0.05, 0.1) is 18.7 Å². The van der Waals surface area contributed by atoms with Crippen LogP contribution in [0.15, 0.2) is 24.3 Å². The van der Waals surface area contributed by atoms with E-state index in [2.05, 4.69) is 5.32 Å². The van der Waals surface area contributed by atoms with Crippen LogP contribution < -0.4 is 10.1 Å². The Morgan fingerprint density at radius 3 is 2.90 bits per heavy atom. The minimum atomic E-state index is -0.416. The van der Waals surface area contributed by atoms with Gasteiger partial charge in [0.15, 0.2) is 0 Å². The van der Waals surface area contributed by atoms with Crippen LogP contribution in [0.25, 0.3) is 0 Å². The van der Waals surface area contributed by atoms with Gasteiger partial charge in [-0.05, 0) is 25.0 Å². The van der Waals surface area contributed by atoms with Crippen LogP contribution in [-0.4, -0.2) is 54.8 Å². The fraction of sp³-hybridized carbons (Fsp3) is 0.533. The molecule has 0 saturated carbocycles. The molecule has 0 spiro atoms. The average molecular weight is 278 g/mol. The second-order valence-corrected chi connectivity index (χ2v) is 5.22. The van der Waals surface area contributed by atoms with Crippen LogP contribution in [0.2, 0.25) is 0 Å². The summed E-state index contributed by atoms with van der Waals surface area (Å²) in [5, 5.41) is 12.4. The number of aliphatic hydroxyl groups is 1. The first-order valence-electron chi connectivity index (χ1n) is 6.93. The van der Waals surface area contributed by atoms with Gasteiger partial charge in [0.25, 0.3) is 0 Å². The number of hydrogen-bond donors (Lipinski definition) is 2. The first-order chi connectivity index (χ1) is 9.58. The number of rotatable bonds is 5. The lowest BCUT2D eigenvalue weighted by atomic mass is 10.2. The van der Waals surface area contributed by atoms with Gasteiger partial charge in [-0.1, -0.05) is 18.2 Å². The fourth-order valence-corrected chi connectivity index (χ4v) is 2.29. The van der Waals surface area contributed by atoms with Gasteiger partial charge in [0, 0.05) is 13.6 Å². The molecule has 1 amide bonds. The zero-order valence-corrected chi connectivity index (χ0v) is 12.0. The van der Waals surface area contributed by atoms with Gasteiger partial charge in [0.2, 0.25) is 5.91 Å². The Hall–Kier alpha value is -1.59. The Bertz CT molecular complexity index is 464. The van der Waals surface area contributed by atoms with Crippen LogP contribution >= 0.6 is 0 Å². The highest BCUT2D eigenvalue weighted by atomic mass is 16.5. The smallest absolute Gasteiger partial charge is 0.239 e. The number of aliphatic hydroxyl groups excluding tert-OH is 1. The number of nitrogens with zero attached hydrogens (tertiary/aromatic N) is 1. The van der Waals surface area contributed by atoms with Gasteiger partial charge in [-0.25, -0.2) is 0 Å². The molecule has 2 N–H and O–H groups in total. The Kier molecular flexibility index (Phi) is 4.98. The van der Waals surface area contributed by atoms with Gasteiger partial charge >= 0.3 is 0 Å². The molecule has 1 aliphatic rings. The summed E-state index contributed by atoms with van der Waals surface area (Å²) in [7, 11) is 1.76. The molecule has 1 saturated heterocycles. The van der Waals surface area contributed by atoms with E-state index in [0.717, 1.165) is 11.3 Å². The lowest BCUT2D eigenvalue weighted by Crippen LogP contribution is -2.43. The molecule has 0 unspecified atom stereocenters. The van der Waals surface area contributed by atoms with E-state index in [1.807, 2.05) is 31.2 Å². The van der Waals surface area contributed by atoms with Crippen molar-refractivity contribution in [2.45, 2.75) is 25.5 Å². The van der Waals surface area contributed by atoms with Gasteiger partial charge in [0.1, 0.15) is 12.4 Å². The van der Waals surface area contributed by atoms with Crippen molar-refractivity contribution in [3.8, 4) is 5.75 Å². The standard InChI is InChI=1S/C15H22N2O3/c1-11-5-3-4-6-14(11)20-8-7-17(2)15(19)13-9-12(18)10-16-13/h3-6,12-13,16,18H,7-10H2,1-2H3/t12-,13-/m1/s1. The Morgan fingerprint density at radius 1 is 1.50 bits per heavy atom. The molecule has 1 aliphatic heterocycles. The van der Waals surface area contributed by atoms with Crippen molar-refractivity contribution in [2.24, 2.45) is 0 Å². The number of likely N-dealkylation sites (N-methyl/N-ethyl adjacent to an activating group) is 1. The maximum Gasteiger partial charge on any atom is 0.239 e. The number of benzene rings is 1. The second-order valence-electron chi connectivity index (χ2n) is 5.22. The van der Waals surface area contributed by atoms with Gasteiger partial charge in [-0.15, -0.1) is 0 Å². The summed E-state index contributed by atoms with van der Waals surface area (Å²) in [6, 6.07) is 7.55. The van der Waals surface area contributed by atoms with E-state index in [1.54, 1.807) is 11.9 Å². The Balaban J connectivity index is 1.76. The van der Waals surface area contributed by atoms with Crippen molar-refractivity contribution >= 4 is 5.91 Å². The average Bonchev–Trinajstić information content (AvgIpc) is 2.86. The summed E-state index contributed by atoms with van der Waals surface area (Å²) in [6.07, 6.45) is 0.0718. The van der Waals surface area contributed by atoms with E-state index >= 15 is 0 Å². The zero-order chi connectivity index (χ0) is 14.5. The quantitative estimate of drug-likeness (QED) is 0.826. The molecule has 20 heavy (non-hydrogen) atoms. The van der Waals surface area contributed by atoms with Gasteiger partial charge < -0.3 is 20.1 Å². The van der Waals surface area contributed by atoms with E-state index in [0.29, 0.717) is 26.1 Å². The number of β-amino-alcohol motifs (C(OH)–C–C–N with tert-alkyl or cyclic N) is 1. The number of carbonyl (C=O) groups excluding carboxylic acids is 1. The van der Waals surface area contributed by atoms with Crippen LogP contribution in [-0.2, 0) is 4.79 Å². The molecule has 0 radical (unpaired) electrons. The molecule has 0 aromatic heterocycles. The number of nitrogens with one attached hydrogen (secondary N) is 1. The third-order valence-corrected chi connectivity index (χ3v) is 3.56. The summed E-state index contributed by atoms with van der Waals surface area (Å²) in [5.74, 6) is 0.859. The fourth-order valence-electron chi connectivity index (χ4n) is 2.29. The van der Waals surface area contributed by atoms with Crippen molar-refractivity contribution in [3.05, 3.63) is 29.8 Å². The van der Waals surface area contributed by atoms with Crippen molar-refractivity contribution in [1.82, 2.24) is 10.2 Å². The largest absolute Gasteiger partial charge is 0.491 e. The van der Waals surface area contributed by atoms with Crippen LogP contribution in [0.1, 0.15) is 12.0 Å². The molecule has 0 aliphatic carbocycles. The molecule has 2 rings (SSSR count). The molecule has 1 aromatic rings. The number of hydrogen-bond acceptors (Lipinski definition) is 4. The maximum absolute atomic E-state index is 12.1. The first kappa shape index (κ1) is 14.8. The minimum Gasteiger partial charge on any atom is -0.491 e. The highest BCUT2D eigenvalue weighted by Gasteiger charge is 2.29. The summed E-state index contributed by atoms with van der Waals surface area (Å²) in [6.45, 7) is 3.47. The summed E-state index contributed by atoms with van der Waals surface area (Å²) < 4.78 is 5.68. The van der Waals surface area contributed by atoms with E-state index < -0.39 is 6.10 Å². The van der Waals surface area contributed by atoms with Crippen LogP contribution in [0, 0.1) is 6.92 Å². The lowest BCUT2D eigenvalue weighted by molar-refractivity contribution is -0.132. The number of ether oxygens (including phenoxy) is 1. The molecule has 110 valence electrons. The first-order valence-corrected chi connectivity index (χ1v) is 6.93. The third kappa shape index (κ3) is 3.71. The van der Waals surface area contributed by atoms with E-state index in [1.165, 1.54) is 0 Å². The molecule has 5 nitrogen and oxygen atoms in total. The van der Waals surface area contributed by atoms with Gasteiger partial charge in [-0.3, -0.25) is 4.79 Å².